The molecule has 27 heavy (non-hydrogen) atoms. The first kappa shape index (κ1) is 19.0. The van der Waals surface area contributed by atoms with Crippen LogP contribution >= 0.6 is 11.6 Å². The summed E-state index contributed by atoms with van der Waals surface area (Å²) in [5, 5.41) is 2.46. The molecular formula is C18H15ClF3N3O2. The summed E-state index contributed by atoms with van der Waals surface area (Å²) in [6.07, 6.45) is -2.47. The van der Waals surface area contributed by atoms with Crippen molar-refractivity contribution in [2.75, 3.05) is 12.4 Å². The van der Waals surface area contributed by atoms with Crippen LogP contribution in [0.4, 0.5) is 18.9 Å². The van der Waals surface area contributed by atoms with Crippen LogP contribution in [-0.4, -0.2) is 22.4 Å². The number of anilines is 1. The predicted molar refractivity (Wildman–Crippen MR) is 95.5 cm³/mol. The summed E-state index contributed by atoms with van der Waals surface area (Å²) >= 11 is 5.97. The number of carbonyl (C=O) groups excluding carboxylic acids is 1. The Balaban J connectivity index is 2.05. The number of benzene rings is 1. The quantitative estimate of drug-likeness (QED) is 0.686. The van der Waals surface area contributed by atoms with Gasteiger partial charge >= 0.3 is 6.18 Å². The summed E-state index contributed by atoms with van der Waals surface area (Å²) < 4.78 is 45.6. The van der Waals surface area contributed by atoms with Gasteiger partial charge in [-0.05, 0) is 36.8 Å². The van der Waals surface area contributed by atoms with Crippen molar-refractivity contribution in [1.29, 1.82) is 0 Å². The van der Waals surface area contributed by atoms with Crippen LogP contribution in [0.3, 0.4) is 0 Å². The Morgan fingerprint density at radius 3 is 2.70 bits per heavy atom. The zero-order valence-electron chi connectivity index (χ0n) is 14.4. The zero-order valence-corrected chi connectivity index (χ0v) is 15.1. The normalized spacial score (nSPS) is 11.6. The number of hydrogen-bond acceptors (Lipinski definition) is 3. The molecule has 0 unspecified atom stereocenters. The van der Waals surface area contributed by atoms with Crippen molar-refractivity contribution in [3.05, 3.63) is 58.5 Å². The molecule has 2 heterocycles. The topological polar surface area (TPSA) is 55.6 Å². The highest BCUT2D eigenvalue weighted by molar-refractivity contribution is 6.34. The molecule has 3 rings (SSSR count). The van der Waals surface area contributed by atoms with Crippen molar-refractivity contribution < 1.29 is 22.7 Å². The fraction of sp³-hybridized carbons (Fsp3) is 0.222. The van der Waals surface area contributed by atoms with E-state index in [1.807, 2.05) is 6.92 Å². The van der Waals surface area contributed by atoms with E-state index in [0.717, 1.165) is 18.2 Å². The van der Waals surface area contributed by atoms with E-state index in [4.69, 9.17) is 16.3 Å². The summed E-state index contributed by atoms with van der Waals surface area (Å²) in [6, 6.07) is 6.14. The number of hydrogen-bond donors (Lipinski definition) is 1. The van der Waals surface area contributed by atoms with Crippen molar-refractivity contribution in [1.82, 2.24) is 9.38 Å². The average Bonchev–Trinajstić information content (AvgIpc) is 3.01. The second-order valence-corrected chi connectivity index (χ2v) is 6.08. The summed E-state index contributed by atoms with van der Waals surface area (Å²) in [7, 11) is 1.48. The van der Waals surface area contributed by atoms with Crippen molar-refractivity contribution in [2.24, 2.45) is 0 Å². The van der Waals surface area contributed by atoms with E-state index >= 15 is 0 Å². The number of rotatable bonds is 4. The van der Waals surface area contributed by atoms with Crippen molar-refractivity contribution >= 4 is 28.8 Å². The van der Waals surface area contributed by atoms with Gasteiger partial charge in [0, 0.05) is 6.20 Å². The lowest BCUT2D eigenvalue weighted by atomic mass is 10.2. The van der Waals surface area contributed by atoms with Crippen LogP contribution < -0.4 is 10.1 Å². The largest absolute Gasteiger partial charge is 0.493 e. The van der Waals surface area contributed by atoms with Crippen molar-refractivity contribution in [3.8, 4) is 5.75 Å². The number of pyridine rings is 1. The third-order valence-corrected chi connectivity index (χ3v) is 4.33. The van der Waals surface area contributed by atoms with Gasteiger partial charge in [-0.2, -0.15) is 13.2 Å². The van der Waals surface area contributed by atoms with Crippen LogP contribution in [0, 0.1) is 0 Å². The van der Waals surface area contributed by atoms with Gasteiger partial charge in [0.1, 0.15) is 5.69 Å². The van der Waals surface area contributed by atoms with Gasteiger partial charge in [-0.15, -0.1) is 0 Å². The van der Waals surface area contributed by atoms with Crippen LogP contribution in [0.5, 0.6) is 5.75 Å². The number of nitrogens with zero attached hydrogens (tertiary/aromatic N) is 2. The molecule has 0 fully saturated rings. The minimum atomic E-state index is -4.55. The Kier molecular flexibility index (Phi) is 5.01. The fourth-order valence-electron chi connectivity index (χ4n) is 2.71. The average molecular weight is 398 g/mol. The van der Waals surface area contributed by atoms with Gasteiger partial charge in [0.15, 0.2) is 11.4 Å². The maximum Gasteiger partial charge on any atom is 0.416 e. The minimum absolute atomic E-state index is 0.000741. The molecule has 0 bridgehead atoms. The molecule has 0 saturated carbocycles. The number of fused-ring (bicyclic) bond motifs is 1. The number of ether oxygens (including phenoxy) is 1. The Labute approximate surface area is 157 Å². The molecule has 0 aliphatic rings. The highest BCUT2D eigenvalue weighted by atomic mass is 35.5. The van der Waals surface area contributed by atoms with Gasteiger partial charge in [0.25, 0.3) is 5.91 Å². The SMILES string of the molecule is CCc1nc2c(OC)cccn2c1C(=O)Nc1cc(C(F)(F)F)ccc1Cl. The zero-order chi connectivity index (χ0) is 19.8. The first-order valence-corrected chi connectivity index (χ1v) is 8.36. The van der Waals surface area contributed by atoms with Gasteiger partial charge in [-0.3, -0.25) is 9.20 Å². The monoisotopic (exact) mass is 397 g/mol. The Morgan fingerprint density at radius 2 is 2.07 bits per heavy atom. The third kappa shape index (κ3) is 3.57. The molecule has 0 spiro atoms. The molecule has 0 saturated heterocycles. The van der Waals surface area contributed by atoms with Crippen molar-refractivity contribution in [3.63, 3.8) is 0 Å². The number of aromatic nitrogens is 2. The van der Waals surface area contributed by atoms with Crippen LogP contribution in [0.1, 0.15) is 28.7 Å². The summed E-state index contributed by atoms with van der Waals surface area (Å²) in [4.78, 5) is 17.2. The van der Waals surface area contributed by atoms with Crippen molar-refractivity contribution in [2.45, 2.75) is 19.5 Å². The molecule has 1 aromatic carbocycles. The number of methoxy groups -OCH3 is 1. The maximum absolute atomic E-state index is 12.9. The van der Waals surface area contributed by atoms with E-state index in [2.05, 4.69) is 10.3 Å². The molecule has 9 heteroatoms. The van der Waals surface area contributed by atoms with Gasteiger partial charge < -0.3 is 10.1 Å². The van der Waals surface area contributed by atoms with E-state index in [0.29, 0.717) is 23.5 Å². The van der Waals surface area contributed by atoms with Crippen LogP contribution in [0.2, 0.25) is 5.02 Å². The molecule has 0 aliphatic heterocycles. The van der Waals surface area contributed by atoms with Gasteiger partial charge in [0.2, 0.25) is 0 Å². The molecule has 2 aromatic heterocycles. The fourth-order valence-corrected chi connectivity index (χ4v) is 2.88. The lowest BCUT2D eigenvalue weighted by Crippen LogP contribution is -2.17. The van der Waals surface area contributed by atoms with E-state index in [1.165, 1.54) is 11.5 Å². The Morgan fingerprint density at radius 1 is 1.33 bits per heavy atom. The van der Waals surface area contributed by atoms with E-state index in [9.17, 15) is 18.0 Å². The standard InChI is InChI=1S/C18H15ClF3N3O2/c1-3-12-15(25-8-4-5-14(27-2)16(25)23-12)17(26)24-13-9-10(18(20,21)22)6-7-11(13)19/h4-9H,3H2,1-2H3,(H,24,26). The lowest BCUT2D eigenvalue weighted by Gasteiger charge is -2.12. The Hall–Kier alpha value is -2.74. The lowest BCUT2D eigenvalue weighted by molar-refractivity contribution is -0.137. The molecule has 1 amide bonds. The number of alkyl halides is 3. The van der Waals surface area contributed by atoms with Gasteiger partial charge in [0.05, 0.1) is 29.1 Å². The molecule has 142 valence electrons. The van der Waals surface area contributed by atoms with Gasteiger partial charge in [-0.25, -0.2) is 4.98 Å². The smallest absolute Gasteiger partial charge is 0.416 e. The van der Waals surface area contributed by atoms with Crippen LogP contribution in [-0.2, 0) is 12.6 Å². The second-order valence-electron chi connectivity index (χ2n) is 5.68. The molecule has 1 N–H and O–H groups in total. The van der Waals surface area contributed by atoms with Crippen LogP contribution in [0.25, 0.3) is 5.65 Å². The number of aryl methyl sites for hydroxylation is 1. The number of imidazole rings is 1. The molecule has 5 nitrogen and oxygen atoms in total. The molecular weight excluding hydrogens is 383 g/mol. The summed E-state index contributed by atoms with van der Waals surface area (Å²) in [6.45, 7) is 1.82. The summed E-state index contributed by atoms with van der Waals surface area (Å²) in [5.41, 5.74) is 0.103. The highest BCUT2D eigenvalue weighted by Gasteiger charge is 2.31. The van der Waals surface area contributed by atoms with Crippen LogP contribution in [0.15, 0.2) is 36.5 Å². The summed E-state index contributed by atoms with van der Waals surface area (Å²) in [5.74, 6) is -0.142. The molecule has 0 radical (unpaired) electrons. The minimum Gasteiger partial charge on any atom is -0.493 e. The number of halogens is 4. The number of nitrogens with one attached hydrogen (secondary N) is 1. The molecule has 0 aliphatic carbocycles. The third-order valence-electron chi connectivity index (χ3n) is 4.00. The number of carbonyl (C=O) groups is 1. The molecule has 3 aromatic rings. The van der Waals surface area contributed by atoms with E-state index in [-0.39, 0.29) is 16.4 Å². The number of amides is 1. The Bertz CT molecular complexity index is 1010. The highest BCUT2D eigenvalue weighted by Crippen LogP contribution is 2.34. The van der Waals surface area contributed by atoms with E-state index < -0.39 is 17.6 Å². The molecule has 0 atom stereocenters. The predicted octanol–water partition coefficient (Wildman–Crippen LogP) is 4.83. The second kappa shape index (κ2) is 7.11. The maximum atomic E-state index is 12.9. The first-order valence-electron chi connectivity index (χ1n) is 7.98. The van der Waals surface area contributed by atoms with Gasteiger partial charge in [-0.1, -0.05) is 18.5 Å². The van der Waals surface area contributed by atoms with E-state index in [1.54, 1.807) is 18.3 Å². The first-order chi connectivity index (χ1) is 12.8.